The van der Waals surface area contributed by atoms with Gasteiger partial charge in [0, 0.05) is 12.6 Å². The minimum absolute atomic E-state index is 0.114. The smallest absolute Gasteiger partial charge is 0.324 e. The average molecular weight is 554 g/mol. The van der Waals surface area contributed by atoms with Crippen LogP contribution in [0.1, 0.15) is 64.2 Å². The van der Waals surface area contributed by atoms with Crippen LogP contribution in [0.4, 0.5) is 57.1 Å². The van der Waals surface area contributed by atoms with Gasteiger partial charge in [-0.1, -0.05) is 44.9 Å². The first-order valence-electron chi connectivity index (χ1n) is 9.96. The SMILES string of the molecule is O=P(O)(O)CCCCCCCCCCCC(F)(F)C(F)(F)C(F)(F)C(F)(F)C(F)(F)C(F)(F)F. The van der Waals surface area contributed by atoms with Crippen molar-refractivity contribution in [2.75, 3.05) is 6.16 Å². The molecule has 0 spiro atoms. The molecule has 0 atom stereocenters. The first-order chi connectivity index (χ1) is 15.0. The molecular formula is C17H24F13O3P. The molecule has 0 bridgehead atoms. The molecule has 0 aliphatic rings. The van der Waals surface area contributed by atoms with E-state index in [1.54, 1.807) is 0 Å². The molecule has 0 heterocycles. The lowest BCUT2D eigenvalue weighted by Gasteiger charge is -2.39. The summed E-state index contributed by atoms with van der Waals surface area (Å²) in [5.41, 5.74) is 0. The molecule has 17 heteroatoms. The minimum atomic E-state index is -7.86. The Bertz CT molecular complexity index is 674. The third kappa shape index (κ3) is 7.87. The van der Waals surface area contributed by atoms with Crippen molar-refractivity contribution in [1.29, 1.82) is 0 Å². The van der Waals surface area contributed by atoms with Crippen LogP contribution in [0.2, 0.25) is 0 Å². The van der Waals surface area contributed by atoms with Crippen molar-refractivity contribution >= 4 is 7.60 Å². The summed E-state index contributed by atoms with van der Waals surface area (Å²) in [6.07, 6.45) is -8.17. The second-order valence-electron chi connectivity index (χ2n) is 7.82. The lowest BCUT2D eigenvalue weighted by atomic mass is 9.91. The Kier molecular flexibility index (Phi) is 11.3. The first kappa shape index (κ1) is 33.2. The Morgan fingerprint density at radius 2 is 0.794 bits per heavy atom. The lowest BCUT2D eigenvalue weighted by Crippen LogP contribution is -2.70. The molecule has 0 rings (SSSR count). The van der Waals surface area contributed by atoms with E-state index in [1.165, 1.54) is 0 Å². The number of rotatable bonds is 16. The van der Waals surface area contributed by atoms with Gasteiger partial charge in [0.15, 0.2) is 0 Å². The number of hydrogen-bond donors (Lipinski definition) is 2. The molecule has 0 radical (unpaired) electrons. The van der Waals surface area contributed by atoms with Gasteiger partial charge in [0.05, 0.1) is 0 Å². The maximum absolute atomic E-state index is 13.6. The monoisotopic (exact) mass is 554 g/mol. The first-order valence-corrected chi connectivity index (χ1v) is 11.8. The van der Waals surface area contributed by atoms with Gasteiger partial charge in [-0.3, -0.25) is 4.57 Å². The average Bonchev–Trinajstić information content (AvgIpc) is 2.63. The van der Waals surface area contributed by atoms with E-state index < -0.39 is 56.2 Å². The molecule has 0 aliphatic carbocycles. The van der Waals surface area contributed by atoms with Crippen molar-refractivity contribution in [1.82, 2.24) is 0 Å². The Balaban J connectivity index is 4.72. The van der Waals surface area contributed by atoms with Gasteiger partial charge in [0.1, 0.15) is 0 Å². The largest absolute Gasteiger partial charge is 0.460 e. The highest BCUT2D eigenvalue weighted by Crippen LogP contribution is 2.60. The van der Waals surface area contributed by atoms with Gasteiger partial charge in [-0.2, -0.15) is 57.1 Å². The highest BCUT2D eigenvalue weighted by Gasteiger charge is 2.90. The second-order valence-corrected chi connectivity index (χ2v) is 9.60. The van der Waals surface area contributed by atoms with E-state index in [2.05, 4.69) is 0 Å². The molecule has 34 heavy (non-hydrogen) atoms. The van der Waals surface area contributed by atoms with Crippen LogP contribution in [-0.2, 0) is 4.57 Å². The number of unbranched alkanes of at least 4 members (excludes halogenated alkanes) is 8. The molecule has 0 aromatic carbocycles. The van der Waals surface area contributed by atoms with Crippen LogP contribution in [0.15, 0.2) is 0 Å². The third-order valence-electron chi connectivity index (χ3n) is 4.94. The Morgan fingerprint density at radius 1 is 0.471 bits per heavy atom. The topological polar surface area (TPSA) is 57.5 Å². The van der Waals surface area contributed by atoms with Gasteiger partial charge in [0.25, 0.3) is 0 Å². The summed E-state index contributed by atoms with van der Waals surface area (Å²) in [6, 6.07) is 0. The van der Waals surface area contributed by atoms with Crippen LogP contribution < -0.4 is 0 Å². The Labute approximate surface area is 186 Å². The van der Waals surface area contributed by atoms with Crippen LogP contribution >= 0.6 is 7.60 Å². The fourth-order valence-corrected chi connectivity index (χ4v) is 3.50. The molecule has 0 aromatic heterocycles. The van der Waals surface area contributed by atoms with Crippen molar-refractivity contribution in [3.05, 3.63) is 0 Å². The fourth-order valence-electron chi connectivity index (χ4n) is 2.86. The molecular weight excluding hydrogens is 530 g/mol. The molecule has 0 unspecified atom stereocenters. The number of hydrogen-bond acceptors (Lipinski definition) is 1. The highest BCUT2D eigenvalue weighted by atomic mass is 31.2. The summed E-state index contributed by atoms with van der Waals surface area (Å²) in [4.78, 5) is 17.3. The van der Waals surface area contributed by atoms with Crippen LogP contribution in [0.25, 0.3) is 0 Å². The van der Waals surface area contributed by atoms with Crippen molar-refractivity contribution in [2.24, 2.45) is 0 Å². The van der Waals surface area contributed by atoms with E-state index in [1.807, 2.05) is 0 Å². The summed E-state index contributed by atoms with van der Waals surface area (Å²) in [5, 5.41) is 0. The molecule has 0 aromatic rings. The molecule has 206 valence electrons. The quantitative estimate of drug-likeness (QED) is 0.116. The van der Waals surface area contributed by atoms with Gasteiger partial charge in [-0.05, 0) is 12.8 Å². The van der Waals surface area contributed by atoms with E-state index in [-0.39, 0.29) is 25.4 Å². The Hall–Kier alpha value is -0.760. The molecule has 3 nitrogen and oxygen atoms in total. The van der Waals surface area contributed by atoms with Gasteiger partial charge in [-0.25, -0.2) is 0 Å². The molecule has 0 saturated carbocycles. The molecule has 0 aliphatic heterocycles. The number of alkyl halides is 13. The van der Waals surface area contributed by atoms with E-state index in [0.29, 0.717) is 32.1 Å². The predicted octanol–water partition coefficient (Wildman–Crippen LogP) is 7.80. The summed E-state index contributed by atoms with van der Waals surface area (Å²) in [7, 11) is -4.09. The van der Waals surface area contributed by atoms with E-state index in [0.717, 1.165) is 0 Å². The maximum atomic E-state index is 13.6. The van der Waals surface area contributed by atoms with Gasteiger partial charge < -0.3 is 9.79 Å². The predicted molar refractivity (Wildman–Crippen MR) is 93.9 cm³/mol. The van der Waals surface area contributed by atoms with Crippen LogP contribution in [-0.4, -0.2) is 51.7 Å². The molecule has 0 amide bonds. The van der Waals surface area contributed by atoms with Crippen molar-refractivity contribution in [3.8, 4) is 0 Å². The molecule has 0 fully saturated rings. The zero-order valence-corrected chi connectivity index (χ0v) is 18.3. The van der Waals surface area contributed by atoms with Gasteiger partial charge in [0.2, 0.25) is 0 Å². The highest BCUT2D eigenvalue weighted by molar-refractivity contribution is 7.51. The standard InChI is InChI=1S/C17H24F13O3P/c18-12(19,10-8-6-4-2-1-3-5-7-9-11-34(31,32)33)13(20,21)14(22,23)15(24,25)16(26,27)17(28,29)30/h1-11H2,(H2,31,32,33). The van der Waals surface area contributed by atoms with Gasteiger partial charge in [-0.15, -0.1) is 0 Å². The number of halogens is 13. The second kappa shape index (κ2) is 11.5. The van der Waals surface area contributed by atoms with Crippen molar-refractivity contribution < 1.29 is 71.4 Å². The zero-order chi connectivity index (χ0) is 27.3. The summed E-state index contributed by atoms with van der Waals surface area (Å²) < 4.78 is 179. The van der Waals surface area contributed by atoms with Gasteiger partial charge >= 0.3 is 43.4 Å². The van der Waals surface area contributed by atoms with E-state index >= 15 is 0 Å². The van der Waals surface area contributed by atoms with Crippen molar-refractivity contribution in [3.63, 3.8) is 0 Å². The third-order valence-corrected chi connectivity index (χ3v) is 5.84. The zero-order valence-electron chi connectivity index (χ0n) is 17.4. The van der Waals surface area contributed by atoms with Crippen LogP contribution in [0, 0.1) is 0 Å². The Morgan fingerprint density at radius 3 is 1.15 bits per heavy atom. The van der Waals surface area contributed by atoms with Crippen LogP contribution in [0.5, 0.6) is 0 Å². The summed E-state index contributed by atoms with van der Waals surface area (Å²) >= 11 is 0. The summed E-state index contributed by atoms with van der Waals surface area (Å²) in [6.45, 7) is 0. The fraction of sp³-hybridized carbons (Fsp3) is 1.00. The van der Waals surface area contributed by atoms with Crippen molar-refractivity contribution in [2.45, 2.75) is 100.0 Å². The lowest BCUT2D eigenvalue weighted by molar-refractivity contribution is -0.440. The maximum Gasteiger partial charge on any atom is 0.460 e. The van der Waals surface area contributed by atoms with E-state index in [4.69, 9.17) is 9.79 Å². The molecule has 0 saturated heterocycles. The molecule has 2 N–H and O–H groups in total. The normalized spacial score (nSPS) is 15.1. The minimum Gasteiger partial charge on any atom is -0.324 e. The van der Waals surface area contributed by atoms with E-state index in [9.17, 15) is 61.6 Å². The summed E-state index contributed by atoms with van der Waals surface area (Å²) in [5.74, 6) is -36.5. The van der Waals surface area contributed by atoms with Crippen LogP contribution in [0.3, 0.4) is 0 Å².